The van der Waals surface area contributed by atoms with E-state index in [0.717, 1.165) is 44.7 Å². The standard InChI is InChI=1S/C24H37N3O4/c1-5-6-20-11-21-23(25-12-20)31-22(15-26(4)14-19-7-9-30-10-8-19)17(2)13-27(24(21)29)18(3)16-28/h5-6,11-12,17-19,22,28H,7-10,13-16H2,1-4H3/b6-5+/t17-,18-,22-/m0/s1. The van der Waals surface area contributed by atoms with E-state index in [1.54, 1.807) is 11.1 Å². The normalized spacial score (nSPS) is 24.1. The number of amides is 1. The second kappa shape index (κ2) is 11.1. The summed E-state index contributed by atoms with van der Waals surface area (Å²) in [5.74, 6) is 0.977. The van der Waals surface area contributed by atoms with Gasteiger partial charge in [0.05, 0.1) is 12.6 Å². The zero-order chi connectivity index (χ0) is 22.4. The van der Waals surface area contributed by atoms with E-state index < -0.39 is 0 Å². The number of aliphatic hydroxyl groups excluding tert-OH is 1. The number of fused-ring (bicyclic) bond motifs is 1. The number of carbonyl (C=O) groups excluding carboxylic acids is 1. The second-order valence-corrected chi connectivity index (χ2v) is 9.02. The molecule has 0 spiro atoms. The molecule has 31 heavy (non-hydrogen) atoms. The molecule has 7 heteroatoms. The lowest BCUT2D eigenvalue weighted by molar-refractivity contribution is 0.0254. The Morgan fingerprint density at radius 3 is 2.77 bits per heavy atom. The highest BCUT2D eigenvalue weighted by Crippen LogP contribution is 2.28. The van der Waals surface area contributed by atoms with Crippen LogP contribution in [0.5, 0.6) is 5.88 Å². The molecule has 3 rings (SSSR count). The number of likely N-dealkylation sites (N-methyl/N-ethyl adjacent to an activating group) is 1. The molecule has 2 aliphatic heterocycles. The molecule has 0 saturated carbocycles. The fraction of sp³-hybridized carbons (Fsp3) is 0.667. The summed E-state index contributed by atoms with van der Waals surface area (Å²) in [4.78, 5) is 21.9. The molecule has 1 saturated heterocycles. The van der Waals surface area contributed by atoms with Crippen LogP contribution in [0.15, 0.2) is 18.3 Å². The van der Waals surface area contributed by atoms with E-state index in [1.807, 2.05) is 32.1 Å². The second-order valence-electron chi connectivity index (χ2n) is 9.02. The molecule has 0 bridgehead atoms. The van der Waals surface area contributed by atoms with E-state index in [9.17, 15) is 9.90 Å². The van der Waals surface area contributed by atoms with Crippen molar-refractivity contribution in [1.29, 1.82) is 0 Å². The van der Waals surface area contributed by atoms with E-state index in [0.29, 0.717) is 23.9 Å². The van der Waals surface area contributed by atoms with Gasteiger partial charge in [0.1, 0.15) is 11.7 Å². The molecule has 1 aromatic rings. The fourth-order valence-corrected chi connectivity index (χ4v) is 4.37. The highest BCUT2D eigenvalue weighted by molar-refractivity contribution is 5.97. The molecular weight excluding hydrogens is 394 g/mol. The molecule has 1 N–H and O–H groups in total. The van der Waals surface area contributed by atoms with Crippen LogP contribution in [0.1, 0.15) is 49.5 Å². The lowest BCUT2D eigenvalue weighted by atomic mass is 9.97. The maximum Gasteiger partial charge on any atom is 0.259 e. The summed E-state index contributed by atoms with van der Waals surface area (Å²) in [5, 5.41) is 9.76. The van der Waals surface area contributed by atoms with Crippen molar-refractivity contribution in [2.75, 3.05) is 46.5 Å². The third kappa shape index (κ3) is 6.05. The predicted octanol–water partition coefficient (Wildman–Crippen LogP) is 2.69. The average Bonchev–Trinajstić information content (AvgIpc) is 2.77. The molecule has 3 heterocycles. The van der Waals surface area contributed by atoms with E-state index in [2.05, 4.69) is 23.9 Å². The van der Waals surface area contributed by atoms with Crippen molar-refractivity contribution >= 4 is 12.0 Å². The number of aromatic nitrogens is 1. The van der Waals surface area contributed by atoms with Crippen LogP contribution >= 0.6 is 0 Å². The van der Waals surface area contributed by atoms with Crippen molar-refractivity contribution in [2.45, 2.75) is 45.8 Å². The number of rotatable bonds is 7. The Morgan fingerprint density at radius 2 is 2.10 bits per heavy atom. The number of pyridine rings is 1. The summed E-state index contributed by atoms with van der Waals surface area (Å²) in [7, 11) is 2.13. The van der Waals surface area contributed by atoms with Crippen molar-refractivity contribution in [3.63, 3.8) is 0 Å². The van der Waals surface area contributed by atoms with Crippen LogP contribution in [0.3, 0.4) is 0 Å². The zero-order valence-electron chi connectivity index (χ0n) is 19.3. The van der Waals surface area contributed by atoms with Gasteiger partial charge in [0, 0.05) is 45.0 Å². The Kier molecular flexibility index (Phi) is 8.46. The molecule has 0 aromatic carbocycles. The molecule has 1 fully saturated rings. The van der Waals surface area contributed by atoms with E-state index in [-0.39, 0.29) is 30.6 Å². The third-order valence-corrected chi connectivity index (χ3v) is 6.30. The van der Waals surface area contributed by atoms with Gasteiger partial charge in [-0.05, 0) is 51.3 Å². The van der Waals surface area contributed by atoms with Gasteiger partial charge in [-0.1, -0.05) is 19.1 Å². The Bertz CT molecular complexity index is 763. The summed E-state index contributed by atoms with van der Waals surface area (Å²) >= 11 is 0. The first-order valence-electron chi connectivity index (χ1n) is 11.4. The monoisotopic (exact) mass is 431 g/mol. The predicted molar refractivity (Wildman–Crippen MR) is 121 cm³/mol. The fourth-order valence-electron chi connectivity index (χ4n) is 4.37. The molecule has 0 radical (unpaired) electrons. The first kappa shape index (κ1) is 23.7. The molecule has 2 aliphatic rings. The van der Waals surface area contributed by atoms with Crippen LogP contribution in [-0.2, 0) is 4.74 Å². The minimum absolute atomic E-state index is 0.0784. The van der Waals surface area contributed by atoms with Crippen molar-refractivity contribution in [2.24, 2.45) is 11.8 Å². The topological polar surface area (TPSA) is 75.1 Å². The quantitative estimate of drug-likeness (QED) is 0.716. The van der Waals surface area contributed by atoms with Crippen LogP contribution in [0.4, 0.5) is 0 Å². The van der Waals surface area contributed by atoms with Gasteiger partial charge in [-0.2, -0.15) is 0 Å². The average molecular weight is 432 g/mol. The number of hydrogen-bond donors (Lipinski definition) is 1. The van der Waals surface area contributed by atoms with Gasteiger partial charge in [-0.3, -0.25) is 4.79 Å². The van der Waals surface area contributed by atoms with E-state index >= 15 is 0 Å². The molecule has 0 unspecified atom stereocenters. The van der Waals surface area contributed by atoms with Gasteiger partial charge in [0.15, 0.2) is 0 Å². The number of allylic oxidation sites excluding steroid dienone is 1. The summed E-state index contributed by atoms with van der Waals surface area (Å²) in [6.45, 7) is 9.82. The molecule has 0 aliphatic carbocycles. The smallest absolute Gasteiger partial charge is 0.259 e. The SMILES string of the molecule is C/C=C/c1cnc2c(c1)C(=O)N([C@@H](C)CO)C[C@H](C)[C@H](CN(C)CC1CCOCC1)O2. The summed E-state index contributed by atoms with van der Waals surface area (Å²) < 4.78 is 11.8. The maximum atomic E-state index is 13.3. The summed E-state index contributed by atoms with van der Waals surface area (Å²) in [6, 6.07) is 1.56. The first-order chi connectivity index (χ1) is 14.9. The van der Waals surface area contributed by atoms with Crippen molar-refractivity contribution in [3.05, 3.63) is 29.5 Å². The maximum absolute atomic E-state index is 13.3. The minimum Gasteiger partial charge on any atom is -0.472 e. The third-order valence-electron chi connectivity index (χ3n) is 6.30. The highest BCUT2D eigenvalue weighted by atomic mass is 16.5. The van der Waals surface area contributed by atoms with Gasteiger partial charge in [-0.25, -0.2) is 4.98 Å². The molecule has 3 atom stereocenters. The Hall–Kier alpha value is -1.96. The van der Waals surface area contributed by atoms with E-state index in [4.69, 9.17) is 9.47 Å². The van der Waals surface area contributed by atoms with Crippen LogP contribution < -0.4 is 4.74 Å². The van der Waals surface area contributed by atoms with Crippen LogP contribution in [-0.4, -0.2) is 84.4 Å². The molecule has 1 amide bonds. The largest absolute Gasteiger partial charge is 0.472 e. The highest BCUT2D eigenvalue weighted by Gasteiger charge is 2.34. The lowest BCUT2D eigenvalue weighted by Crippen LogP contribution is -2.50. The van der Waals surface area contributed by atoms with Crippen molar-refractivity contribution in [1.82, 2.24) is 14.8 Å². The minimum atomic E-state index is -0.271. The zero-order valence-corrected chi connectivity index (χ0v) is 19.3. The van der Waals surface area contributed by atoms with Gasteiger partial charge < -0.3 is 24.4 Å². The number of carbonyl (C=O) groups is 1. The lowest BCUT2D eigenvalue weighted by Gasteiger charge is -2.38. The van der Waals surface area contributed by atoms with Gasteiger partial charge in [-0.15, -0.1) is 0 Å². The Labute approximate surface area is 186 Å². The van der Waals surface area contributed by atoms with Gasteiger partial charge in [0.25, 0.3) is 5.91 Å². The summed E-state index contributed by atoms with van der Waals surface area (Å²) in [5.41, 5.74) is 1.32. The van der Waals surface area contributed by atoms with Crippen molar-refractivity contribution < 1.29 is 19.4 Å². The Morgan fingerprint density at radius 1 is 1.35 bits per heavy atom. The number of hydrogen-bond acceptors (Lipinski definition) is 6. The number of aliphatic hydroxyl groups is 1. The van der Waals surface area contributed by atoms with Gasteiger partial charge >= 0.3 is 0 Å². The summed E-state index contributed by atoms with van der Waals surface area (Å²) in [6.07, 6.45) is 7.66. The van der Waals surface area contributed by atoms with Crippen molar-refractivity contribution in [3.8, 4) is 5.88 Å². The first-order valence-corrected chi connectivity index (χ1v) is 11.4. The van der Waals surface area contributed by atoms with E-state index in [1.165, 1.54) is 0 Å². The number of ether oxygens (including phenoxy) is 2. The molecule has 172 valence electrons. The number of nitrogens with zero attached hydrogens (tertiary/aromatic N) is 3. The van der Waals surface area contributed by atoms with Gasteiger partial charge in [0.2, 0.25) is 5.88 Å². The molecule has 1 aromatic heterocycles. The van der Waals surface area contributed by atoms with Crippen LogP contribution in [0.2, 0.25) is 0 Å². The molecular formula is C24H37N3O4. The van der Waals surface area contributed by atoms with Crippen LogP contribution in [0.25, 0.3) is 6.08 Å². The molecule has 7 nitrogen and oxygen atoms in total. The van der Waals surface area contributed by atoms with Crippen LogP contribution in [0, 0.1) is 11.8 Å². The Balaban J connectivity index is 1.84.